The molecule has 0 spiro atoms. The van der Waals surface area contributed by atoms with Crippen molar-refractivity contribution < 1.29 is 14.3 Å². The number of nitrogens with one attached hydrogen (secondary N) is 2. The van der Waals surface area contributed by atoms with Crippen LogP contribution in [-0.2, 0) is 9.59 Å². The standard InChI is InChI=1S/C19H18N4O3S2/c1-13-6-5-7-14(10-13)20-17(25)12-27-19-23-22-18(28-19)21-16(24)11-26-15-8-3-2-4-9-15/h2-10H,11-12H2,1H3,(H,20,25)(H,21,22,24). The number of hydrogen-bond acceptors (Lipinski definition) is 7. The summed E-state index contributed by atoms with van der Waals surface area (Å²) in [5, 5.41) is 13.7. The van der Waals surface area contributed by atoms with Gasteiger partial charge in [-0.3, -0.25) is 14.9 Å². The summed E-state index contributed by atoms with van der Waals surface area (Å²) in [6.07, 6.45) is 0. The summed E-state index contributed by atoms with van der Waals surface area (Å²) in [6, 6.07) is 16.7. The summed E-state index contributed by atoms with van der Waals surface area (Å²) < 4.78 is 5.97. The molecule has 7 nitrogen and oxygen atoms in total. The number of amides is 2. The molecule has 3 rings (SSSR count). The van der Waals surface area contributed by atoms with Crippen molar-refractivity contribution in [2.24, 2.45) is 0 Å². The molecule has 0 unspecified atom stereocenters. The number of carbonyl (C=O) groups excluding carboxylic acids is 2. The van der Waals surface area contributed by atoms with E-state index in [1.165, 1.54) is 23.1 Å². The van der Waals surface area contributed by atoms with Gasteiger partial charge >= 0.3 is 0 Å². The lowest BCUT2D eigenvalue weighted by molar-refractivity contribution is -0.118. The third-order valence-electron chi connectivity index (χ3n) is 3.39. The second-order valence-electron chi connectivity index (χ2n) is 5.73. The normalized spacial score (nSPS) is 10.3. The Labute approximate surface area is 170 Å². The first-order valence-corrected chi connectivity index (χ1v) is 10.2. The fourth-order valence-corrected chi connectivity index (χ4v) is 3.75. The lowest BCUT2D eigenvalue weighted by Gasteiger charge is -2.05. The molecule has 3 aromatic rings. The van der Waals surface area contributed by atoms with Gasteiger partial charge < -0.3 is 10.1 Å². The van der Waals surface area contributed by atoms with Gasteiger partial charge in [-0.05, 0) is 36.8 Å². The van der Waals surface area contributed by atoms with E-state index in [2.05, 4.69) is 20.8 Å². The van der Waals surface area contributed by atoms with Gasteiger partial charge in [0.05, 0.1) is 5.75 Å². The van der Waals surface area contributed by atoms with E-state index in [1.54, 1.807) is 12.1 Å². The van der Waals surface area contributed by atoms with E-state index < -0.39 is 0 Å². The number of rotatable bonds is 8. The fraction of sp³-hybridized carbons (Fsp3) is 0.158. The van der Waals surface area contributed by atoms with E-state index in [1.807, 2.05) is 49.4 Å². The molecule has 0 aliphatic carbocycles. The number of para-hydroxylation sites is 1. The summed E-state index contributed by atoms with van der Waals surface area (Å²) in [6.45, 7) is 1.84. The maximum absolute atomic E-state index is 12.0. The average Bonchev–Trinajstić information content (AvgIpc) is 3.13. The Hall–Kier alpha value is -2.91. The Morgan fingerprint density at radius 1 is 1.04 bits per heavy atom. The molecular formula is C19H18N4O3S2. The number of aryl methyl sites for hydroxylation is 1. The number of hydrogen-bond donors (Lipinski definition) is 2. The van der Waals surface area contributed by atoms with Crippen molar-refractivity contribution in [3.05, 3.63) is 60.2 Å². The number of nitrogens with zero attached hydrogens (tertiary/aromatic N) is 2. The highest BCUT2D eigenvalue weighted by molar-refractivity contribution is 8.01. The van der Waals surface area contributed by atoms with Crippen molar-refractivity contribution in [3.8, 4) is 5.75 Å². The molecule has 0 fully saturated rings. The predicted octanol–water partition coefficient (Wildman–Crippen LogP) is 3.59. The maximum Gasteiger partial charge on any atom is 0.264 e. The van der Waals surface area contributed by atoms with Crippen LogP contribution in [0.2, 0.25) is 0 Å². The third-order valence-corrected chi connectivity index (χ3v) is 5.37. The van der Waals surface area contributed by atoms with Crippen molar-refractivity contribution >= 4 is 45.7 Å². The number of carbonyl (C=O) groups is 2. The molecule has 0 radical (unpaired) electrons. The Bertz CT molecular complexity index is 947. The van der Waals surface area contributed by atoms with Gasteiger partial charge in [0.2, 0.25) is 11.0 Å². The minimum atomic E-state index is -0.325. The molecule has 2 aromatic carbocycles. The molecule has 144 valence electrons. The average molecular weight is 415 g/mol. The number of ether oxygens (including phenoxy) is 1. The van der Waals surface area contributed by atoms with Crippen LogP contribution in [0.4, 0.5) is 10.8 Å². The van der Waals surface area contributed by atoms with Crippen LogP contribution >= 0.6 is 23.1 Å². The minimum Gasteiger partial charge on any atom is -0.484 e. The Balaban J connectivity index is 1.42. The van der Waals surface area contributed by atoms with Crippen LogP contribution in [0.1, 0.15) is 5.56 Å². The largest absolute Gasteiger partial charge is 0.484 e. The van der Waals surface area contributed by atoms with E-state index in [0.29, 0.717) is 15.2 Å². The smallest absolute Gasteiger partial charge is 0.264 e. The van der Waals surface area contributed by atoms with Gasteiger partial charge in [0.15, 0.2) is 10.9 Å². The molecule has 1 heterocycles. The third kappa shape index (κ3) is 6.36. The zero-order valence-electron chi connectivity index (χ0n) is 15.0. The minimum absolute atomic E-state index is 0.120. The summed E-state index contributed by atoms with van der Waals surface area (Å²) in [5.41, 5.74) is 1.83. The van der Waals surface area contributed by atoms with Crippen LogP contribution in [0.15, 0.2) is 58.9 Å². The summed E-state index contributed by atoms with van der Waals surface area (Å²) in [7, 11) is 0. The lowest BCUT2D eigenvalue weighted by atomic mass is 10.2. The predicted molar refractivity (Wildman–Crippen MR) is 111 cm³/mol. The van der Waals surface area contributed by atoms with E-state index in [9.17, 15) is 9.59 Å². The zero-order valence-corrected chi connectivity index (χ0v) is 16.7. The molecule has 9 heteroatoms. The van der Waals surface area contributed by atoms with Gasteiger partial charge in [0.25, 0.3) is 5.91 Å². The van der Waals surface area contributed by atoms with Crippen molar-refractivity contribution in [1.29, 1.82) is 0 Å². The van der Waals surface area contributed by atoms with Crippen molar-refractivity contribution in [1.82, 2.24) is 10.2 Å². The molecule has 0 saturated carbocycles. The quantitative estimate of drug-likeness (QED) is 0.432. The van der Waals surface area contributed by atoms with E-state index in [4.69, 9.17) is 4.74 Å². The first-order chi connectivity index (χ1) is 13.6. The van der Waals surface area contributed by atoms with Gasteiger partial charge in [-0.1, -0.05) is 53.4 Å². The second-order valence-corrected chi connectivity index (χ2v) is 7.93. The lowest BCUT2D eigenvalue weighted by Crippen LogP contribution is -2.20. The molecule has 0 aliphatic heterocycles. The molecule has 2 amide bonds. The number of thioether (sulfide) groups is 1. The van der Waals surface area contributed by atoms with Crippen LogP contribution in [-0.4, -0.2) is 34.4 Å². The maximum atomic E-state index is 12.0. The van der Waals surface area contributed by atoms with Gasteiger partial charge in [-0.2, -0.15) is 0 Å². The Morgan fingerprint density at radius 2 is 1.86 bits per heavy atom. The van der Waals surface area contributed by atoms with E-state index >= 15 is 0 Å². The molecule has 0 bridgehead atoms. The summed E-state index contributed by atoms with van der Waals surface area (Å²) >= 11 is 2.47. The van der Waals surface area contributed by atoms with Crippen LogP contribution in [0.25, 0.3) is 0 Å². The topological polar surface area (TPSA) is 93.2 Å². The molecule has 0 aliphatic rings. The second kappa shape index (κ2) is 9.86. The highest BCUT2D eigenvalue weighted by Crippen LogP contribution is 2.25. The molecule has 0 saturated heterocycles. The first kappa shape index (κ1) is 19.8. The molecular weight excluding hydrogens is 396 g/mol. The SMILES string of the molecule is Cc1cccc(NC(=O)CSc2nnc(NC(=O)COc3ccccc3)s2)c1. The summed E-state index contributed by atoms with van der Waals surface area (Å²) in [4.78, 5) is 24.0. The van der Waals surface area contributed by atoms with E-state index in [0.717, 1.165) is 11.3 Å². The van der Waals surface area contributed by atoms with E-state index in [-0.39, 0.29) is 24.2 Å². The van der Waals surface area contributed by atoms with Crippen molar-refractivity contribution in [2.45, 2.75) is 11.3 Å². The van der Waals surface area contributed by atoms with Crippen LogP contribution in [0, 0.1) is 6.92 Å². The number of anilines is 2. The van der Waals surface area contributed by atoms with Gasteiger partial charge in [0.1, 0.15) is 5.75 Å². The molecule has 1 aromatic heterocycles. The highest BCUT2D eigenvalue weighted by Gasteiger charge is 2.11. The number of benzene rings is 2. The van der Waals surface area contributed by atoms with Crippen LogP contribution in [0.5, 0.6) is 5.75 Å². The zero-order chi connectivity index (χ0) is 19.8. The van der Waals surface area contributed by atoms with Crippen molar-refractivity contribution in [2.75, 3.05) is 23.0 Å². The molecule has 0 atom stereocenters. The van der Waals surface area contributed by atoms with Crippen LogP contribution < -0.4 is 15.4 Å². The van der Waals surface area contributed by atoms with Crippen molar-refractivity contribution in [3.63, 3.8) is 0 Å². The molecule has 28 heavy (non-hydrogen) atoms. The first-order valence-electron chi connectivity index (χ1n) is 8.39. The summed E-state index contributed by atoms with van der Waals surface area (Å²) in [5.74, 6) is 0.361. The monoisotopic (exact) mass is 414 g/mol. The number of aromatic nitrogens is 2. The Kier molecular flexibility index (Phi) is 6.99. The Morgan fingerprint density at radius 3 is 2.64 bits per heavy atom. The molecule has 2 N–H and O–H groups in total. The van der Waals surface area contributed by atoms with Gasteiger partial charge in [-0.15, -0.1) is 10.2 Å². The van der Waals surface area contributed by atoms with Gasteiger partial charge in [-0.25, -0.2) is 0 Å². The van der Waals surface area contributed by atoms with Gasteiger partial charge in [0, 0.05) is 5.69 Å². The highest BCUT2D eigenvalue weighted by atomic mass is 32.2. The fourth-order valence-electron chi connectivity index (χ4n) is 2.19. The van der Waals surface area contributed by atoms with Crippen LogP contribution in [0.3, 0.4) is 0 Å².